The van der Waals surface area contributed by atoms with Crippen LogP contribution < -0.4 is 10.3 Å². The zero-order valence-corrected chi connectivity index (χ0v) is 28.4. The highest BCUT2D eigenvalue weighted by Crippen LogP contribution is 2.35. The third kappa shape index (κ3) is 8.61. The highest BCUT2D eigenvalue weighted by Gasteiger charge is 2.22. The van der Waals surface area contributed by atoms with Gasteiger partial charge >= 0.3 is 0 Å². The molecule has 0 fully saturated rings. The van der Waals surface area contributed by atoms with E-state index in [4.69, 9.17) is 14.2 Å². The van der Waals surface area contributed by atoms with E-state index in [-0.39, 0.29) is 19.1 Å². The number of hydrogen-bond donors (Lipinski definition) is 0. The van der Waals surface area contributed by atoms with E-state index in [2.05, 4.69) is 81.2 Å². The molecule has 0 unspecified atom stereocenters. The summed E-state index contributed by atoms with van der Waals surface area (Å²) in [5, 5.41) is 0.535. The lowest BCUT2D eigenvalue weighted by atomic mass is 9.90. The van der Waals surface area contributed by atoms with Crippen molar-refractivity contribution in [1.29, 1.82) is 0 Å². The third-order valence-electron chi connectivity index (χ3n) is 7.75. The van der Waals surface area contributed by atoms with Gasteiger partial charge in [-0.25, -0.2) is 4.98 Å². The van der Waals surface area contributed by atoms with Gasteiger partial charge in [-0.1, -0.05) is 57.5 Å². The van der Waals surface area contributed by atoms with E-state index in [1.54, 1.807) is 10.9 Å². The molecule has 3 aromatic rings. The fourth-order valence-corrected chi connectivity index (χ4v) is 6.54. The van der Waals surface area contributed by atoms with E-state index < -0.39 is 16.1 Å². The van der Waals surface area contributed by atoms with Crippen molar-refractivity contribution in [3.63, 3.8) is 0 Å². The first-order valence-electron chi connectivity index (χ1n) is 15.0. The number of aromatic nitrogens is 2. The van der Waals surface area contributed by atoms with Crippen LogP contribution in [0.5, 0.6) is 5.75 Å². The lowest BCUT2D eigenvalue weighted by Gasteiger charge is -2.33. The minimum atomic E-state index is -1.21. The van der Waals surface area contributed by atoms with Crippen LogP contribution in [0.2, 0.25) is 51.4 Å². The minimum Gasteiger partial charge on any atom is -0.465 e. The van der Waals surface area contributed by atoms with Crippen LogP contribution in [0, 0.1) is 0 Å². The van der Waals surface area contributed by atoms with Crippen LogP contribution in [-0.4, -0.2) is 63.2 Å². The molecular weight excluding hydrogens is 547 g/mol. The quantitative estimate of drug-likeness (QED) is 0.123. The Morgan fingerprint density at radius 2 is 1.68 bits per heavy atom. The Kier molecular flexibility index (Phi) is 10.3. The van der Waals surface area contributed by atoms with Crippen molar-refractivity contribution in [3.8, 4) is 16.9 Å². The van der Waals surface area contributed by atoms with E-state index >= 15 is 0 Å². The third-order valence-corrected chi connectivity index (χ3v) is 11.2. The van der Waals surface area contributed by atoms with Crippen LogP contribution in [-0.2, 0) is 29.2 Å². The van der Waals surface area contributed by atoms with E-state index in [1.807, 2.05) is 12.1 Å². The summed E-state index contributed by atoms with van der Waals surface area (Å²) in [5.74, 6) is 0.576. The first-order valence-corrected chi connectivity index (χ1v) is 22.4. The number of nitrogens with zero attached hydrogens (tertiary/aromatic N) is 3. The molecule has 0 aliphatic carbocycles. The summed E-state index contributed by atoms with van der Waals surface area (Å²) >= 11 is 0. The van der Waals surface area contributed by atoms with Crippen molar-refractivity contribution in [3.05, 3.63) is 58.1 Å². The first-order chi connectivity index (χ1) is 19.3. The number of benzene rings is 2. The standard InChI is InChI=1S/C32H49N3O4Si2/c1-24(2)34-13-12-28-25(20-34)10-9-11-27(28)26-18-29-31(30(19-26)39-23-38-15-17-41(6,7)8)33-21-35(32(29)36)22-37-14-16-40(3,4)5/h9-11,18-19,21,24H,12-17,20,22-23H2,1-8H3. The molecule has 0 N–H and O–H groups in total. The molecule has 2 aromatic carbocycles. The Labute approximate surface area is 247 Å². The number of ether oxygens (including phenoxy) is 3. The second-order valence-corrected chi connectivity index (χ2v) is 25.2. The monoisotopic (exact) mass is 595 g/mol. The highest BCUT2D eigenvalue weighted by atomic mass is 28.3. The van der Waals surface area contributed by atoms with Gasteiger partial charge in [0.2, 0.25) is 0 Å². The van der Waals surface area contributed by atoms with Crippen LogP contribution in [0.1, 0.15) is 25.0 Å². The molecule has 2 heterocycles. The van der Waals surface area contributed by atoms with Crippen LogP contribution in [0.15, 0.2) is 41.5 Å². The average Bonchev–Trinajstić information content (AvgIpc) is 2.90. The fourth-order valence-electron chi connectivity index (χ4n) is 5.02. The summed E-state index contributed by atoms with van der Waals surface area (Å²) in [5.41, 5.74) is 5.25. The van der Waals surface area contributed by atoms with Gasteiger partial charge in [0.25, 0.3) is 5.56 Å². The highest BCUT2D eigenvalue weighted by molar-refractivity contribution is 6.76. The molecule has 0 amide bonds. The Bertz CT molecular complexity index is 1390. The van der Waals surface area contributed by atoms with Gasteiger partial charge in [-0.3, -0.25) is 14.3 Å². The average molecular weight is 596 g/mol. The molecule has 0 saturated heterocycles. The summed E-state index contributed by atoms with van der Waals surface area (Å²) in [4.78, 5) is 20.9. The van der Waals surface area contributed by atoms with E-state index in [9.17, 15) is 4.79 Å². The molecule has 1 aliphatic heterocycles. The normalized spacial score (nSPS) is 14.6. The molecule has 4 rings (SSSR count). The molecule has 0 radical (unpaired) electrons. The van der Waals surface area contributed by atoms with E-state index in [1.165, 1.54) is 11.1 Å². The topological polar surface area (TPSA) is 65.8 Å². The van der Waals surface area contributed by atoms with Gasteiger partial charge in [-0.05, 0) is 66.7 Å². The van der Waals surface area contributed by atoms with Gasteiger partial charge in [0.05, 0.1) is 5.39 Å². The number of rotatable bonds is 13. The largest absolute Gasteiger partial charge is 0.465 e. The van der Waals surface area contributed by atoms with Crippen molar-refractivity contribution in [2.45, 2.75) is 91.0 Å². The van der Waals surface area contributed by atoms with Gasteiger partial charge < -0.3 is 14.2 Å². The van der Waals surface area contributed by atoms with Crippen molar-refractivity contribution in [2.24, 2.45) is 0 Å². The van der Waals surface area contributed by atoms with E-state index in [0.717, 1.165) is 42.7 Å². The van der Waals surface area contributed by atoms with Gasteiger partial charge in [-0.2, -0.15) is 0 Å². The number of hydrogen-bond acceptors (Lipinski definition) is 6. The second kappa shape index (κ2) is 13.3. The maximum atomic E-state index is 13.7. The van der Waals surface area contributed by atoms with Crippen molar-refractivity contribution < 1.29 is 14.2 Å². The predicted molar refractivity (Wildman–Crippen MR) is 174 cm³/mol. The first kappa shape index (κ1) is 31.6. The summed E-state index contributed by atoms with van der Waals surface area (Å²) < 4.78 is 19.5. The lowest BCUT2D eigenvalue weighted by molar-refractivity contribution is 0.0228. The lowest BCUT2D eigenvalue weighted by Crippen LogP contribution is -2.36. The van der Waals surface area contributed by atoms with E-state index in [0.29, 0.717) is 35.9 Å². The summed E-state index contributed by atoms with van der Waals surface area (Å²) in [6.45, 7) is 22.0. The van der Waals surface area contributed by atoms with Crippen LogP contribution in [0.25, 0.3) is 22.0 Å². The molecule has 1 aliphatic rings. The zero-order valence-electron chi connectivity index (χ0n) is 26.4. The molecule has 41 heavy (non-hydrogen) atoms. The molecule has 7 nitrogen and oxygen atoms in total. The predicted octanol–water partition coefficient (Wildman–Crippen LogP) is 6.83. The summed E-state index contributed by atoms with van der Waals surface area (Å²) in [6.07, 6.45) is 2.54. The maximum Gasteiger partial charge on any atom is 0.263 e. The molecule has 0 atom stereocenters. The number of fused-ring (bicyclic) bond motifs is 2. The fraction of sp³-hybridized carbons (Fsp3) is 0.562. The Morgan fingerprint density at radius 3 is 2.37 bits per heavy atom. The Balaban J connectivity index is 1.68. The Hall–Kier alpha value is -2.31. The molecule has 224 valence electrons. The maximum absolute atomic E-state index is 13.7. The van der Waals surface area contributed by atoms with Crippen LogP contribution in [0.4, 0.5) is 0 Å². The molecule has 9 heteroatoms. The van der Waals surface area contributed by atoms with Crippen LogP contribution in [0.3, 0.4) is 0 Å². The minimum absolute atomic E-state index is 0.120. The van der Waals surface area contributed by atoms with Gasteiger partial charge in [0, 0.05) is 48.5 Å². The molecule has 0 spiro atoms. The van der Waals surface area contributed by atoms with Gasteiger partial charge in [0.15, 0.2) is 6.79 Å². The van der Waals surface area contributed by atoms with Crippen molar-refractivity contribution >= 4 is 27.1 Å². The second-order valence-electron chi connectivity index (χ2n) is 14.0. The zero-order chi connectivity index (χ0) is 29.8. The SMILES string of the molecule is CC(C)N1CCc2c(cccc2-c2cc(OCOCC[Si](C)(C)C)c3ncn(COCC[Si](C)(C)C)c(=O)c3c2)C1. The van der Waals surface area contributed by atoms with Crippen molar-refractivity contribution in [2.75, 3.05) is 26.6 Å². The molecule has 1 aromatic heterocycles. The smallest absolute Gasteiger partial charge is 0.263 e. The molecular formula is C32H49N3O4Si2. The summed E-state index contributed by atoms with van der Waals surface area (Å²) in [6, 6.07) is 13.1. The summed E-state index contributed by atoms with van der Waals surface area (Å²) in [7, 11) is -2.41. The van der Waals surface area contributed by atoms with Gasteiger partial charge in [0.1, 0.15) is 24.3 Å². The van der Waals surface area contributed by atoms with Gasteiger partial charge in [-0.15, -0.1) is 0 Å². The Morgan fingerprint density at radius 1 is 0.976 bits per heavy atom. The molecule has 0 bridgehead atoms. The van der Waals surface area contributed by atoms with Crippen molar-refractivity contribution in [1.82, 2.24) is 14.5 Å². The van der Waals surface area contributed by atoms with Crippen LogP contribution >= 0.6 is 0 Å². The molecule has 0 saturated carbocycles.